The summed E-state index contributed by atoms with van der Waals surface area (Å²) < 4.78 is 5.45. The first kappa shape index (κ1) is 17.5. The standard InChI is InChI=1S/C19H17NO3S/c20-13-16(11-15-8-9-17(21)18(22)12-15)19(24)23-10-4-7-14-5-2-1-3-6-14/h1-9,12,16,21-22H,10-11H2. The molecule has 24 heavy (non-hydrogen) atoms. The molecule has 0 aliphatic rings. The number of phenolic OH excluding ortho intramolecular Hbond substituents is 2. The second-order valence-corrected chi connectivity index (χ2v) is 5.55. The summed E-state index contributed by atoms with van der Waals surface area (Å²) in [4.78, 5) is 0. The van der Waals surface area contributed by atoms with E-state index in [1.165, 1.54) is 12.1 Å². The van der Waals surface area contributed by atoms with Gasteiger partial charge in [0.2, 0.25) is 0 Å². The summed E-state index contributed by atoms with van der Waals surface area (Å²) in [7, 11) is 0. The molecule has 0 saturated carbocycles. The lowest BCUT2D eigenvalue weighted by atomic mass is 10.0. The Hall–Kier alpha value is -2.84. The Balaban J connectivity index is 1.88. The first-order chi connectivity index (χ1) is 11.6. The van der Waals surface area contributed by atoms with Crippen LogP contribution in [0.2, 0.25) is 0 Å². The predicted octanol–water partition coefficient (Wildman–Crippen LogP) is 3.84. The third-order valence-electron chi connectivity index (χ3n) is 3.35. The zero-order chi connectivity index (χ0) is 17.4. The fourth-order valence-corrected chi connectivity index (χ4v) is 2.30. The van der Waals surface area contributed by atoms with Crippen molar-refractivity contribution in [3.05, 3.63) is 65.7 Å². The van der Waals surface area contributed by atoms with Crippen LogP contribution in [-0.2, 0) is 11.2 Å². The molecular formula is C19H17NO3S. The molecule has 0 aliphatic heterocycles. The van der Waals surface area contributed by atoms with Crippen LogP contribution in [0.4, 0.5) is 0 Å². The van der Waals surface area contributed by atoms with E-state index < -0.39 is 5.92 Å². The zero-order valence-corrected chi connectivity index (χ0v) is 13.7. The first-order valence-electron chi connectivity index (χ1n) is 7.39. The number of nitriles is 1. The summed E-state index contributed by atoms with van der Waals surface area (Å²) in [5, 5.41) is 28.3. The van der Waals surface area contributed by atoms with Gasteiger partial charge in [0, 0.05) is 0 Å². The van der Waals surface area contributed by atoms with Crippen molar-refractivity contribution >= 4 is 23.3 Å². The van der Waals surface area contributed by atoms with Gasteiger partial charge in [0.05, 0.1) is 6.07 Å². The molecule has 0 aliphatic carbocycles. The Kier molecular flexibility index (Phi) is 6.35. The van der Waals surface area contributed by atoms with E-state index in [1.807, 2.05) is 42.5 Å². The van der Waals surface area contributed by atoms with Gasteiger partial charge in [0.1, 0.15) is 12.5 Å². The van der Waals surface area contributed by atoms with Gasteiger partial charge in [-0.15, -0.1) is 0 Å². The van der Waals surface area contributed by atoms with Crippen LogP contribution in [-0.4, -0.2) is 21.9 Å². The fraction of sp³-hybridized carbons (Fsp3) is 0.158. The number of benzene rings is 2. The SMILES string of the molecule is N#CC(Cc1ccc(O)c(O)c1)C(=S)OCC=Cc1ccccc1. The maximum atomic E-state index is 9.50. The molecule has 122 valence electrons. The number of hydrogen-bond acceptors (Lipinski definition) is 5. The highest BCUT2D eigenvalue weighted by Gasteiger charge is 2.16. The highest BCUT2D eigenvalue weighted by Crippen LogP contribution is 2.26. The largest absolute Gasteiger partial charge is 0.504 e. The number of hydrogen-bond donors (Lipinski definition) is 2. The van der Waals surface area contributed by atoms with E-state index in [9.17, 15) is 15.5 Å². The first-order valence-corrected chi connectivity index (χ1v) is 7.79. The van der Waals surface area contributed by atoms with Gasteiger partial charge in [-0.25, -0.2) is 0 Å². The Morgan fingerprint density at radius 3 is 2.58 bits per heavy atom. The Bertz CT molecular complexity index is 766. The second kappa shape index (κ2) is 8.70. The molecule has 1 unspecified atom stereocenters. The molecule has 2 aromatic rings. The van der Waals surface area contributed by atoms with Crippen molar-refractivity contribution in [2.24, 2.45) is 5.92 Å². The summed E-state index contributed by atoms with van der Waals surface area (Å²) in [5.74, 6) is -1.02. The van der Waals surface area contributed by atoms with Crippen LogP contribution in [0, 0.1) is 17.2 Å². The van der Waals surface area contributed by atoms with Crippen LogP contribution in [0.1, 0.15) is 11.1 Å². The average Bonchev–Trinajstić information content (AvgIpc) is 2.60. The molecule has 0 spiro atoms. The number of rotatable bonds is 6. The molecular weight excluding hydrogens is 322 g/mol. The molecule has 0 amide bonds. The molecule has 1 atom stereocenters. The molecule has 0 bridgehead atoms. The lowest BCUT2D eigenvalue weighted by Crippen LogP contribution is -2.16. The molecule has 4 nitrogen and oxygen atoms in total. The monoisotopic (exact) mass is 339 g/mol. The summed E-state index contributed by atoms with van der Waals surface area (Å²) in [6.45, 7) is 0.284. The van der Waals surface area contributed by atoms with Gasteiger partial charge in [-0.1, -0.05) is 42.5 Å². The third kappa shape index (κ3) is 5.11. The van der Waals surface area contributed by atoms with E-state index in [0.717, 1.165) is 5.56 Å². The van der Waals surface area contributed by atoms with E-state index in [0.29, 0.717) is 12.0 Å². The lowest BCUT2D eigenvalue weighted by molar-refractivity contribution is 0.341. The fourth-order valence-electron chi connectivity index (χ4n) is 2.09. The Labute approximate surface area is 146 Å². The topological polar surface area (TPSA) is 73.5 Å². The lowest BCUT2D eigenvalue weighted by Gasteiger charge is -2.11. The van der Waals surface area contributed by atoms with Crippen molar-refractivity contribution in [2.45, 2.75) is 6.42 Å². The quantitative estimate of drug-likeness (QED) is 0.618. The number of nitrogens with zero attached hydrogens (tertiary/aromatic N) is 1. The average molecular weight is 339 g/mol. The molecule has 2 aromatic carbocycles. The molecule has 0 radical (unpaired) electrons. The normalized spacial score (nSPS) is 11.8. The summed E-state index contributed by atoms with van der Waals surface area (Å²) in [6, 6.07) is 16.3. The van der Waals surface area contributed by atoms with Crippen molar-refractivity contribution < 1.29 is 14.9 Å². The minimum absolute atomic E-state index is 0.197. The minimum Gasteiger partial charge on any atom is -0.504 e. The van der Waals surface area contributed by atoms with Gasteiger partial charge in [0.25, 0.3) is 0 Å². The number of ether oxygens (including phenoxy) is 1. The van der Waals surface area contributed by atoms with E-state index in [4.69, 9.17) is 17.0 Å². The molecule has 0 aromatic heterocycles. The van der Waals surface area contributed by atoms with Gasteiger partial charge < -0.3 is 14.9 Å². The predicted molar refractivity (Wildman–Crippen MR) is 96.6 cm³/mol. The van der Waals surface area contributed by atoms with E-state index in [2.05, 4.69) is 6.07 Å². The number of phenols is 2. The molecule has 2 N–H and O–H groups in total. The highest BCUT2D eigenvalue weighted by atomic mass is 32.1. The van der Waals surface area contributed by atoms with Crippen molar-refractivity contribution in [1.82, 2.24) is 0 Å². The molecule has 0 fully saturated rings. The van der Waals surface area contributed by atoms with Crippen LogP contribution in [0.5, 0.6) is 11.5 Å². The van der Waals surface area contributed by atoms with Gasteiger partial charge in [-0.05, 0) is 48.0 Å². The second-order valence-electron chi connectivity index (χ2n) is 5.15. The smallest absolute Gasteiger partial charge is 0.177 e. The van der Waals surface area contributed by atoms with Gasteiger partial charge >= 0.3 is 0 Å². The van der Waals surface area contributed by atoms with Crippen LogP contribution < -0.4 is 0 Å². The molecule has 0 heterocycles. The molecule has 5 heteroatoms. The van der Waals surface area contributed by atoms with Gasteiger partial charge in [-0.2, -0.15) is 5.26 Å². The van der Waals surface area contributed by atoms with Crippen molar-refractivity contribution in [1.29, 1.82) is 5.26 Å². The van der Waals surface area contributed by atoms with Crippen LogP contribution >= 0.6 is 12.2 Å². The van der Waals surface area contributed by atoms with Crippen LogP contribution in [0.3, 0.4) is 0 Å². The Morgan fingerprint density at radius 2 is 1.92 bits per heavy atom. The number of aromatic hydroxyl groups is 2. The van der Waals surface area contributed by atoms with E-state index in [1.54, 1.807) is 6.07 Å². The maximum absolute atomic E-state index is 9.50. The highest BCUT2D eigenvalue weighted by molar-refractivity contribution is 7.80. The summed E-state index contributed by atoms with van der Waals surface area (Å²) in [5.41, 5.74) is 1.76. The van der Waals surface area contributed by atoms with Crippen LogP contribution in [0.15, 0.2) is 54.6 Å². The Morgan fingerprint density at radius 1 is 1.17 bits per heavy atom. The minimum atomic E-state index is -0.603. The number of thiocarbonyl (C=S) groups is 1. The van der Waals surface area contributed by atoms with Crippen LogP contribution in [0.25, 0.3) is 6.08 Å². The van der Waals surface area contributed by atoms with E-state index >= 15 is 0 Å². The van der Waals surface area contributed by atoms with Gasteiger partial charge in [-0.3, -0.25) is 0 Å². The zero-order valence-electron chi connectivity index (χ0n) is 12.9. The van der Waals surface area contributed by atoms with Crippen molar-refractivity contribution in [2.75, 3.05) is 6.61 Å². The third-order valence-corrected chi connectivity index (χ3v) is 3.75. The maximum Gasteiger partial charge on any atom is 0.177 e. The summed E-state index contributed by atoms with van der Waals surface area (Å²) in [6.07, 6.45) is 4.07. The molecule has 0 saturated heterocycles. The van der Waals surface area contributed by atoms with Crippen molar-refractivity contribution in [3.8, 4) is 17.6 Å². The van der Waals surface area contributed by atoms with E-state index in [-0.39, 0.29) is 23.2 Å². The van der Waals surface area contributed by atoms with Crippen molar-refractivity contribution in [3.63, 3.8) is 0 Å². The summed E-state index contributed by atoms with van der Waals surface area (Å²) >= 11 is 5.17. The molecule has 2 rings (SSSR count). The van der Waals surface area contributed by atoms with Gasteiger partial charge in [0.15, 0.2) is 16.5 Å².